The number of hydrogen-bond acceptors (Lipinski definition) is 4. The molecule has 2 fully saturated rings. The van der Waals surface area contributed by atoms with E-state index in [4.69, 9.17) is 0 Å². The van der Waals surface area contributed by atoms with Gasteiger partial charge < -0.3 is 20.0 Å². The summed E-state index contributed by atoms with van der Waals surface area (Å²) in [5.74, 6) is 0.152. The molecule has 22 heavy (non-hydrogen) atoms. The summed E-state index contributed by atoms with van der Waals surface area (Å²) >= 11 is 0. The van der Waals surface area contributed by atoms with E-state index in [1.165, 1.54) is 0 Å². The molecule has 0 aromatic rings. The molecule has 2 saturated heterocycles. The Bertz CT molecular complexity index is 394. The Morgan fingerprint density at radius 1 is 1.36 bits per heavy atom. The average molecular weight is 310 g/mol. The minimum absolute atomic E-state index is 0.126. The van der Waals surface area contributed by atoms with E-state index in [0.717, 1.165) is 39.0 Å². The predicted octanol–water partition coefficient (Wildman–Crippen LogP) is -0.00300. The van der Waals surface area contributed by atoms with Crippen LogP contribution in [0.1, 0.15) is 26.2 Å². The number of carbonyl (C=O) groups is 2. The fraction of sp³-hybridized carbons (Fsp3) is 0.875. The lowest BCUT2D eigenvalue weighted by Gasteiger charge is -2.30. The maximum absolute atomic E-state index is 12.9. The quantitative estimate of drug-likeness (QED) is 0.719. The number of nitrogens with one attached hydrogen (secondary N) is 1. The van der Waals surface area contributed by atoms with E-state index in [2.05, 4.69) is 17.1 Å². The molecule has 0 bridgehead atoms. The molecular formula is C16H30N4O2. The Hall–Kier alpha value is -1.14. The van der Waals surface area contributed by atoms with Gasteiger partial charge in [0.25, 0.3) is 0 Å². The molecule has 0 radical (unpaired) electrons. The van der Waals surface area contributed by atoms with Gasteiger partial charge in [0.05, 0.1) is 5.92 Å². The van der Waals surface area contributed by atoms with E-state index >= 15 is 0 Å². The summed E-state index contributed by atoms with van der Waals surface area (Å²) in [5.41, 5.74) is 0. The lowest BCUT2D eigenvalue weighted by molar-refractivity contribution is -0.137. The van der Waals surface area contributed by atoms with Gasteiger partial charge in [0.1, 0.15) is 0 Å². The smallest absolute Gasteiger partial charge is 0.228 e. The van der Waals surface area contributed by atoms with E-state index in [-0.39, 0.29) is 17.7 Å². The van der Waals surface area contributed by atoms with Crippen LogP contribution >= 0.6 is 0 Å². The summed E-state index contributed by atoms with van der Waals surface area (Å²) in [6, 6.07) is 0.304. The molecule has 126 valence electrons. The van der Waals surface area contributed by atoms with Gasteiger partial charge >= 0.3 is 0 Å². The van der Waals surface area contributed by atoms with E-state index in [9.17, 15) is 9.59 Å². The van der Waals surface area contributed by atoms with Crippen molar-refractivity contribution in [1.82, 2.24) is 20.0 Å². The first-order valence-corrected chi connectivity index (χ1v) is 8.46. The topological polar surface area (TPSA) is 55.9 Å². The highest BCUT2D eigenvalue weighted by atomic mass is 16.2. The lowest BCUT2D eigenvalue weighted by Crippen LogP contribution is -2.45. The molecule has 2 unspecified atom stereocenters. The zero-order chi connectivity index (χ0) is 16.1. The molecule has 0 aromatic heterocycles. The van der Waals surface area contributed by atoms with Crippen LogP contribution < -0.4 is 5.32 Å². The van der Waals surface area contributed by atoms with Crippen molar-refractivity contribution in [3.05, 3.63) is 0 Å². The molecule has 0 aliphatic carbocycles. The van der Waals surface area contributed by atoms with Crippen molar-refractivity contribution in [2.45, 2.75) is 32.2 Å². The van der Waals surface area contributed by atoms with Crippen molar-refractivity contribution >= 4 is 11.8 Å². The van der Waals surface area contributed by atoms with Gasteiger partial charge in [-0.25, -0.2) is 0 Å². The Labute approximate surface area is 133 Å². The minimum atomic E-state index is -0.151. The third-order valence-corrected chi connectivity index (χ3v) is 4.60. The number of likely N-dealkylation sites (tertiary alicyclic amines) is 1. The van der Waals surface area contributed by atoms with E-state index in [0.29, 0.717) is 25.6 Å². The average Bonchev–Trinajstić information content (AvgIpc) is 3.11. The fourth-order valence-electron chi connectivity index (χ4n) is 3.33. The van der Waals surface area contributed by atoms with Crippen LogP contribution in [0.15, 0.2) is 0 Å². The van der Waals surface area contributed by atoms with Crippen LogP contribution in [-0.4, -0.2) is 85.9 Å². The van der Waals surface area contributed by atoms with Gasteiger partial charge in [0, 0.05) is 45.2 Å². The second-order valence-electron chi connectivity index (χ2n) is 6.72. The molecule has 0 saturated carbocycles. The van der Waals surface area contributed by atoms with Crippen LogP contribution in [0.2, 0.25) is 0 Å². The van der Waals surface area contributed by atoms with Crippen LogP contribution in [0.3, 0.4) is 0 Å². The molecule has 6 heteroatoms. The van der Waals surface area contributed by atoms with Crippen molar-refractivity contribution in [2.24, 2.45) is 5.92 Å². The van der Waals surface area contributed by atoms with Crippen LogP contribution in [0.4, 0.5) is 0 Å². The highest BCUT2D eigenvalue weighted by Crippen LogP contribution is 2.22. The van der Waals surface area contributed by atoms with Crippen molar-refractivity contribution < 1.29 is 9.59 Å². The molecule has 2 heterocycles. The maximum atomic E-state index is 12.9. The molecule has 2 atom stereocenters. The highest BCUT2D eigenvalue weighted by Gasteiger charge is 2.38. The second kappa shape index (κ2) is 7.92. The molecule has 1 N–H and O–H groups in total. The zero-order valence-corrected chi connectivity index (χ0v) is 14.2. The lowest BCUT2D eigenvalue weighted by atomic mass is 10.0. The number of hydrogen-bond donors (Lipinski definition) is 1. The minimum Gasteiger partial charge on any atom is -0.341 e. The normalized spacial score (nSPS) is 25.3. The van der Waals surface area contributed by atoms with Gasteiger partial charge in [-0.1, -0.05) is 6.92 Å². The predicted molar refractivity (Wildman–Crippen MR) is 86.5 cm³/mol. The summed E-state index contributed by atoms with van der Waals surface area (Å²) in [6.45, 7) is 6.92. The Morgan fingerprint density at radius 3 is 2.73 bits per heavy atom. The third-order valence-electron chi connectivity index (χ3n) is 4.60. The zero-order valence-electron chi connectivity index (χ0n) is 14.2. The molecule has 2 rings (SSSR count). The molecule has 2 amide bonds. The fourth-order valence-corrected chi connectivity index (χ4v) is 3.33. The second-order valence-corrected chi connectivity index (χ2v) is 6.72. The highest BCUT2D eigenvalue weighted by molar-refractivity contribution is 5.89. The van der Waals surface area contributed by atoms with Gasteiger partial charge in [-0.3, -0.25) is 9.59 Å². The molecule has 0 spiro atoms. The number of amides is 2. The number of nitrogens with zero attached hydrogens (tertiary/aromatic N) is 3. The summed E-state index contributed by atoms with van der Waals surface area (Å²) in [7, 11) is 4.00. The standard InChI is InChI=1S/C16H30N4O2/c1-4-7-20(14-5-6-17-11-14)16(22)13-10-15(21)19(12-13)9-8-18(2)3/h13-14,17H,4-12H2,1-3H3. The summed E-state index contributed by atoms with van der Waals surface area (Å²) in [5, 5.41) is 3.33. The van der Waals surface area contributed by atoms with E-state index in [1.54, 1.807) is 0 Å². The van der Waals surface area contributed by atoms with Crippen molar-refractivity contribution in [3.8, 4) is 0 Å². The van der Waals surface area contributed by atoms with Gasteiger partial charge in [-0.2, -0.15) is 0 Å². The maximum Gasteiger partial charge on any atom is 0.228 e. The first-order valence-electron chi connectivity index (χ1n) is 8.46. The summed E-state index contributed by atoms with van der Waals surface area (Å²) in [6.07, 6.45) is 2.37. The Morgan fingerprint density at radius 2 is 2.14 bits per heavy atom. The SMILES string of the molecule is CCCN(C(=O)C1CC(=O)N(CCN(C)C)C1)C1CCNC1. The molecule has 2 aliphatic rings. The third kappa shape index (κ3) is 4.20. The van der Waals surface area contributed by atoms with Gasteiger partial charge in [-0.05, 0) is 33.5 Å². The number of rotatable bonds is 7. The first-order chi connectivity index (χ1) is 10.5. The number of carbonyl (C=O) groups excluding carboxylic acids is 2. The van der Waals surface area contributed by atoms with Crippen molar-refractivity contribution in [2.75, 3.05) is 53.4 Å². The van der Waals surface area contributed by atoms with Crippen molar-refractivity contribution in [3.63, 3.8) is 0 Å². The number of likely N-dealkylation sites (N-methyl/N-ethyl adjacent to an activating group) is 1. The van der Waals surface area contributed by atoms with Gasteiger partial charge in [-0.15, -0.1) is 0 Å². The van der Waals surface area contributed by atoms with E-state index < -0.39 is 0 Å². The largest absolute Gasteiger partial charge is 0.341 e. The monoisotopic (exact) mass is 310 g/mol. The van der Waals surface area contributed by atoms with Crippen molar-refractivity contribution in [1.29, 1.82) is 0 Å². The summed E-state index contributed by atoms with van der Waals surface area (Å²) < 4.78 is 0. The Kier molecular flexibility index (Phi) is 6.20. The van der Waals surface area contributed by atoms with E-state index in [1.807, 2.05) is 23.9 Å². The van der Waals surface area contributed by atoms with Gasteiger partial charge in [0.2, 0.25) is 11.8 Å². The van der Waals surface area contributed by atoms with Crippen LogP contribution in [0.25, 0.3) is 0 Å². The molecule has 2 aliphatic heterocycles. The Balaban J connectivity index is 1.94. The van der Waals surface area contributed by atoms with Crippen LogP contribution in [0, 0.1) is 5.92 Å². The summed E-state index contributed by atoms with van der Waals surface area (Å²) in [4.78, 5) is 30.9. The first kappa shape index (κ1) is 17.2. The molecular weight excluding hydrogens is 280 g/mol. The molecule has 6 nitrogen and oxygen atoms in total. The van der Waals surface area contributed by atoms with Crippen LogP contribution in [0.5, 0.6) is 0 Å². The molecule has 0 aromatic carbocycles. The van der Waals surface area contributed by atoms with Crippen LogP contribution in [-0.2, 0) is 9.59 Å². The van der Waals surface area contributed by atoms with Gasteiger partial charge in [0.15, 0.2) is 0 Å².